The normalized spacial score (nSPS) is 16.1. The Bertz CT molecular complexity index is 568. The van der Waals surface area contributed by atoms with Gasteiger partial charge in [0.05, 0.1) is 24.3 Å². The molecule has 1 aromatic carbocycles. The molecule has 106 valence electrons. The first kappa shape index (κ1) is 13.2. The molecule has 3 rings (SSSR count). The quantitative estimate of drug-likeness (QED) is 0.908. The zero-order chi connectivity index (χ0) is 14.1. The van der Waals surface area contributed by atoms with Crippen LogP contribution in [-0.4, -0.2) is 23.1 Å². The number of aromatic nitrogens is 2. The van der Waals surface area contributed by atoms with E-state index in [1.165, 1.54) is 29.8 Å². The van der Waals surface area contributed by atoms with Gasteiger partial charge in [-0.05, 0) is 31.9 Å². The van der Waals surface area contributed by atoms with Gasteiger partial charge >= 0.3 is 0 Å². The number of nitrogens with zero attached hydrogens (tertiary/aromatic N) is 3. The predicted octanol–water partition coefficient (Wildman–Crippen LogP) is 2.66. The van der Waals surface area contributed by atoms with Crippen LogP contribution in [-0.2, 0) is 0 Å². The van der Waals surface area contributed by atoms with E-state index in [-0.39, 0.29) is 6.04 Å². The molecule has 20 heavy (non-hydrogen) atoms. The number of hydrogen-bond donors (Lipinski definition) is 1. The number of benzene rings is 1. The highest BCUT2D eigenvalue weighted by Crippen LogP contribution is 2.38. The standard InChI is InChI=1S/C16H22N4/c1-12-3-5-13(6-4-12)19(2)15(9-17)16-10-18-11-20(16)14-7-8-14/h3-6,10-11,14-15H,7-9,17H2,1-2H3. The van der Waals surface area contributed by atoms with E-state index in [1.807, 2.05) is 12.5 Å². The van der Waals surface area contributed by atoms with E-state index in [2.05, 4.69) is 52.7 Å². The van der Waals surface area contributed by atoms with E-state index in [1.54, 1.807) is 0 Å². The highest BCUT2D eigenvalue weighted by molar-refractivity contribution is 5.48. The van der Waals surface area contributed by atoms with Crippen molar-refractivity contribution in [2.75, 3.05) is 18.5 Å². The number of aryl methyl sites for hydroxylation is 1. The minimum absolute atomic E-state index is 0.167. The summed E-state index contributed by atoms with van der Waals surface area (Å²) in [5, 5.41) is 0. The topological polar surface area (TPSA) is 47.1 Å². The van der Waals surface area contributed by atoms with E-state index < -0.39 is 0 Å². The predicted molar refractivity (Wildman–Crippen MR) is 81.9 cm³/mol. The molecule has 0 saturated heterocycles. The Morgan fingerprint density at radius 3 is 2.65 bits per heavy atom. The number of rotatable bonds is 5. The van der Waals surface area contributed by atoms with Gasteiger partial charge in [0.2, 0.25) is 0 Å². The van der Waals surface area contributed by atoms with Crippen molar-refractivity contribution >= 4 is 5.69 Å². The van der Waals surface area contributed by atoms with Crippen LogP contribution < -0.4 is 10.6 Å². The van der Waals surface area contributed by atoms with Gasteiger partial charge in [-0.2, -0.15) is 0 Å². The monoisotopic (exact) mass is 270 g/mol. The molecule has 1 fully saturated rings. The van der Waals surface area contributed by atoms with Crippen molar-refractivity contribution in [2.24, 2.45) is 5.73 Å². The van der Waals surface area contributed by atoms with Crippen LogP contribution in [0.5, 0.6) is 0 Å². The molecule has 4 nitrogen and oxygen atoms in total. The third kappa shape index (κ3) is 2.43. The SMILES string of the molecule is Cc1ccc(N(C)C(CN)c2cncn2C2CC2)cc1. The second-order valence-corrected chi connectivity index (χ2v) is 5.65. The number of imidazole rings is 1. The summed E-state index contributed by atoms with van der Waals surface area (Å²) < 4.78 is 2.29. The molecule has 0 spiro atoms. The highest BCUT2D eigenvalue weighted by atomic mass is 15.2. The van der Waals surface area contributed by atoms with E-state index in [9.17, 15) is 0 Å². The van der Waals surface area contributed by atoms with Gasteiger partial charge in [0.1, 0.15) is 0 Å². The molecule has 0 aliphatic heterocycles. The Kier molecular flexibility index (Phi) is 3.49. The second kappa shape index (κ2) is 5.29. The van der Waals surface area contributed by atoms with Crippen molar-refractivity contribution in [1.82, 2.24) is 9.55 Å². The van der Waals surface area contributed by atoms with Crippen LogP contribution in [0.15, 0.2) is 36.8 Å². The zero-order valence-corrected chi connectivity index (χ0v) is 12.2. The summed E-state index contributed by atoms with van der Waals surface area (Å²) in [4.78, 5) is 6.57. The van der Waals surface area contributed by atoms with Crippen molar-refractivity contribution < 1.29 is 0 Å². The number of hydrogen-bond acceptors (Lipinski definition) is 3. The van der Waals surface area contributed by atoms with Crippen molar-refractivity contribution in [1.29, 1.82) is 0 Å². The minimum atomic E-state index is 0.167. The first-order valence-corrected chi connectivity index (χ1v) is 7.22. The van der Waals surface area contributed by atoms with Gasteiger partial charge in [0, 0.05) is 25.3 Å². The average Bonchev–Trinajstić information content (AvgIpc) is 3.19. The lowest BCUT2D eigenvalue weighted by atomic mass is 10.1. The van der Waals surface area contributed by atoms with Gasteiger partial charge in [-0.3, -0.25) is 0 Å². The highest BCUT2D eigenvalue weighted by Gasteiger charge is 2.29. The fourth-order valence-corrected chi connectivity index (χ4v) is 2.67. The summed E-state index contributed by atoms with van der Waals surface area (Å²) in [7, 11) is 2.10. The van der Waals surface area contributed by atoms with Gasteiger partial charge in [-0.15, -0.1) is 0 Å². The fraction of sp³-hybridized carbons (Fsp3) is 0.438. The van der Waals surface area contributed by atoms with Crippen LogP contribution >= 0.6 is 0 Å². The van der Waals surface area contributed by atoms with Gasteiger partial charge in [-0.25, -0.2) is 4.98 Å². The van der Waals surface area contributed by atoms with Crippen molar-refractivity contribution in [3.05, 3.63) is 48.0 Å². The Hall–Kier alpha value is -1.81. The molecule has 1 unspecified atom stereocenters. The molecule has 2 aromatic rings. The average molecular weight is 270 g/mol. The lowest BCUT2D eigenvalue weighted by molar-refractivity contribution is 0.595. The smallest absolute Gasteiger partial charge is 0.0951 e. The first-order valence-electron chi connectivity index (χ1n) is 7.22. The maximum atomic E-state index is 6.04. The summed E-state index contributed by atoms with van der Waals surface area (Å²) in [6.45, 7) is 2.69. The van der Waals surface area contributed by atoms with Crippen LogP contribution in [0.4, 0.5) is 5.69 Å². The maximum Gasteiger partial charge on any atom is 0.0951 e. The molecule has 1 saturated carbocycles. The number of anilines is 1. The Morgan fingerprint density at radius 2 is 2.05 bits per heavy atom. The molecule has 1 atom stereocenters. The minimum Gasteiger partial charge on any atom is -0.365 e. The fourth-order valence-electron chi connectivity index (χ4n) is 2.67. The summed E-state index contributed by atoms with van der Waals surface area (Å²) in [6, 6.07) is 9.37. The first-order chi connectivity index (χ1) is 9.70. The van der Waals surface area contributed by atoms with Crippen molar-refractivity contribution in [2.45, 2.75) is 31.8 Å². The van der Waals surface area contributed by atoms with Gasteiger partial charge < -0.3 is 15.2 Å². The van der Waals surface area contributed by atoms with Crippen LogP contribution in [0.2, 0.25) is 0 Å². The van der Waals surface area contributed by atoms with Crippen LogP contribution in [0, 0.1) is 6.92 Å². The zero-order valence-electron chi connectivity index (χ0n) is 12.2. The van der Waals surface area contributed by atoms with Gasteiger partial charge in [0.15, 0.2) is 0 Å². The molecule has 1 aliphatic rings. The van der Waals surface area contributed by atoms with E-state index in [0.717, 1.165) is 0 Å². The lowest BCUT2D eigenvalue weighted by Crippen LogP contribution is -2.32. The largest absolute Gasteiger partial charge is 0.365 e. The molecular weight excluding hydrogens is 248 g/mol. The maximum absolute atomic E-state index is 6.04. The molecular formula is C16H22N4. The second-order valence-electron chi connectivity index (χ2n) is 5.65. The lowest BCUT2D eigenvalue weighted by Gasteiger charge is -2.30. The summed E-state index contributed by atoms with van der Waals surface area (Å²) in [6.07, 6.45) is 6.42. The van der Waals surface area contributed by atoms with E-state index >= 15 is 0 Å². The molecule has 1 aliphatic carbocycles. The Balaban J connectivity index is 1.88. The van der Waals surface area contributed by atoms with Crippen molar-refractivity contribution in [3.63, 3.8) is 0 Å². The van der Waals surface area contributed by atoms with Gasteiger partial charge in [-0.1, -0.05) is 17.7 Å². The molecule has 4 heteroatoms. The van der Waals surface area contributed by atoms with Crippen LogP contribution in [0.3, 0.4) is 0 Å². The molecule has 1 aromatic heterocycles. The molecule has 2 N–H and O–H groups in total. The third-order valence-corrected chi connectivity index (χ3v) is 4.11. The Morgan fingerprint density at radius 1 is 1.35 bits per heavy atom. The molecule has 0 bridgehead atoms. The summed E-state index contributed by atoms with van der Waals surface area (Å²) >= 11 is 0. The Labute approximate surface area is 120 Å². The van der Waals surface area contributed by atoms with E-state index in [4.69, 9.17) is 5.73 Å². The number of likely N-dealkylation sites (N-methyl/N-ethyl adjacent to an activating group) is 1. The van der Waals surface area contributed by atoms with Crippen LogP contribution in [0.1, 0.15) is 36.2 Å². The summed E-state index contributed by atoms with van der Waals surface area (Å²) in [5.74, 6) is 0. The van der Waals surface area contributed by atoms with Gasteiger partial charge in [0.25, 0.3) is 0 Å². The molecule has 0 radical (unpaired) electrons. The van der Waals surface area contributed by atoms with Crippen molar-refractivity contribution in [3.8, 4) is 0 Å². The molecule has 1 heterocycles. The molecule has 0 amide bonds. The summed E-state index contributed by atoms with van der Waals surface area (Å²) in [5.41, 5.74) is 9.72. The van der Waals surface area contributed by atoms with Crippen LogP contribution in [0.25, 0.3) is 0 Å². The number of nitrogens with two attached hydrogens (primary N) is 1. The third-order valence-electron chi connectivity index (χ3n) is 4.11. The van der Waals surface area contributed by atoms with E-state index in [0.29, 0.717) is 12.6 Å².